The molecule has 0 saturated heterocycles. The van der Waals surface area contributed by atoms with Crippen LogP contribution in [0.1, 0.15) is 20.3 Å². The monoisotopic (exact) mass is 141 g/mol. The molecule has 0 radical (unpaired) electrons. The maximum absolute atomic E-state index is 9.76. The van der Waals surface area contributed by atoms with Crippen molar-refractivity contribution in [3.8, 4) is 0 Å². The molecule has 0 fully saturated rings. The molecule has 0 saturated carbocycles. The SMILES string of the molecule is CCN(CC)CCC=C=O. The van der Waals surface area contributed by atoms with E-state index in [0.29, 0.717) is 0 Å². The number of rotatable bonds is 5. The highest BCUT2D eigenvalue weighted by molar-refractivity contribution is 5.44. The second-order valence-corrected chi connectivity index (χ2v) is 2.14. The van der Waals surface area contributed by atoms with Crippen molar-refractivity contribution < 1.29 is 4.79 Å². The summed E-state index contributed by atoms with van der Waals surface area (Å²) in [6.45, 7) is 7.33. The van der Waals surface area contributed by atoms with Gasteiger partial charge in [0, 0.05) is 12.6 Å². The first-order valence-corrected chi connectivity index (χ1v) is 3.76. The predicted octanol–water partition coefficient (Wildman–Crippen LogP) is 1.11. The van der Waals surface area contributed by atoms with Gasteiger partial charge < -0.3 is 4.90 Å². The van der Waals surface area contributed by atoms with Gasteiger partial charge in [0.1, 0.15) is 5.94 Å². The summed E-state index contributed by atoms with van der Waals surface area (Å²) < 4.78 is 0. The van der Waals surface area contributed by atoms with Gasteiger partial charge in [-0.05, 0) is 19.5 Å². The summed E-state index contributed by atoms with van der Waals surface area (Å²) in [6.07, 6.45) is 2.36. The molecule has 0 atom stereocenters. The summed E-state index contributed by atoms with van der Waals surface area (Å²) in [4.78, 5) is 12.0. The standard InChI is InChI=1S/C8H15NO/c1-3-9(4-2)7-5-6-8-10/h6H,3-5,7H2,1-2H3. The van der Waals surface area contributed by atoms with Crippen LogP contribution in [0, 0.1) is 0 Å². The molecule has 0 aliphatic carbocycles. The third kappa shape index (κ3) is 4.30. The second-order valence-electron chi connectivity index (χ2n) is 2.14. The van der Waals surface area contributed by atoms with Crippen LogP contribution in [0.15, 0.2) is 6.08 Å². The van der Waals surface area contributed by atoms with Crippen LogP contribution in [0.25, 0.3) is 0 Å². The van der Waals surface area contributed by atoms with Crippen LogP contribution in [0.5, 0.6) is 0 Å². The summed E-state index contributed by atoms with van der Waals surface area (Å²) >= 11 is 0. The van der Waals surface area contributed by atoms with Crippen molar-refractivity contribution in [3.63, 3.8) is 0 Å². The Kier molecular flexibility index (Phi) is 6.14. The van der Waals surface area contributed by atoms with Crippen molar-refractivity contribution in [2.24, 2.45) is 0 Å². The van der Waals surface area contributed by atoms with Crippen LogP contribution < -0.4 is 0 Å². The number of carbonyl (C=O) groups excluding carboxylic acids is 1. The molecule has 0 rings (SSSR count). The zero-order chi connectivity index (χ0) is 7.82. The van der Waals surface area contributed by atoms with E-state index >= 15 is 0 Å². The summed E-state index contributed by atoms with van der Waals surface area (Å²) in [7, 11) is 0. The predicted molar refractivity (Wildman–Crippen MR) is 42.7 cm³/mol. The fraction of sp³-hybridized carbons (Fsp3) is 0.750. The molecule has 0 aromatic carbocycles. The molecule has 0 spiro atoms. The highest BCUT2D eigenvalue weighted by Gasteiger charge is 1.94. The van der Waals surface area contributed by atoms with E-state index in [2.05, 4.69) is 18.7 Å². The molecule has 10 heavy (non-hydrogen) atoms. The van der Waals surface area contributed by atoms with Gasteiger partial charge in [-0.1, -0.05) is 13.8 Å². The van der Waals surface area contributed by atoms with Crippen LogP contribution in [0.3, 0.4) is 0 Å². The normalized spacial score (nSPS) is 9.50. The van der Waals surface area contributed by atoms with E-state index < -0.39 is 0 Å². The molecule has 58 valence electrons. The summed E-state index contributed by atoms with van der Waals surface area (Å²) in [5.74, 6) is 1.77. The van der Waals surface area contributed by atoms with Gasteiger partial charge in [-0.25, -0.2) is 4.79 Å². The summed E-state index contributed by atoms with van der Waals surface area (Å²) in [5, 5.41) is 0. The molecule has 0 N–H and O–H groups in total. The molecule has 2 heteroatoms. The van der Waals surface area contributed by atoms with E-state index in [-0.39, 0.29) is 0 Å². The molecule has 0 aliphatic heterocycles. The lowest BCUT2D eigenvalue weighted by molar-refractivity contribution is 0.310. The molecule has 0 aromatic heterocycles. The Hall–Kier alpha value is -0.590. The Morgan fingerprint density at radius 1 is 1.40 bits per heavy atom. The van der Waals surface area contributed by atoms with Crippen molar-refractivity contribution in [3.05, 3.63) is 6.08 Å². The molecule has 0 bridgehead atoms. The molecule has 2 nitrogen and oxygen atoms in total. The van der Waals surface area contributed by atoms with Crippen molar-refractivity contribution >= 4 is 5.94 Å². The van der Waals surface area contributed by atoms with Crippen LogP contribution in [-0.4, -0.2) is 30.5 Å². The minimum atomic E-state index is 0.825. The van der Waals surface area contributed by atoms with Crippen molar-refractivity contribution in [2.75, 3.05) is 19.6 Å². The first kappa shape index (κ1) is 9.41. The van der Waals surface area contributed by atoms with Crippen molar-refractivity contribution in [1.29, 1.82) is 0 Å². The molecule has 0 aromatic rings. The Labute approximate surface area is 62.5 Å². The quantitative estimate of drug-likeness (QED) is 0.534. The molecular formula is C8H15NO. The summed E-state index contributed by atoms with van der Waals surface area (Å²) in [6, 6.07) is 0. The molecule has 0 heterocycles. The van der Waals surface area contributed by atoms with E-state index in [1.165, 1.54) is 0 Å². The van der Waals surface area contributed by atoms with Gasteiger partial charge in [0.15, 0.2) is 0 Å². The molecule has 0 aliphatic rings. The first-order valence-electron chi connectivity index (χ1n) is 3.76. The third-order valence-corrected chi connectivity index (χ3v) is 1.57. The van der Waals surface area contributed by atoms with Crippen molar-refractivity contribution in [1.82, 2.24) is 4.90 Å². The zero-order valence-electron chi connectivity index (χ0n) is 6.76. The van der Waals surface area contributed by atoms with Crippen molar-refractivity contribution in [2.45, 2.75) is 20.3 Å². The van der Waals surface area contributed by atoms with Crippen LogP contribution in [0.4, 0.5) is 0 Å². The average Bonchev–Trinajstić information content (AvgIpc) is 1.99. The lowest BCUT2D eigenvalue weighted by Crippen LogP contribution is -2.23. The minimum Gasteiger partial charge on any atom is -0.304 e. The highest BCUT2D eigenvalue weighted by Crippen LogP contribution is 1.89. The fourth-order valence-electron chi connectivity index (χ4n) is 0.846. The lowest BCUT2D eigenvalue weighted by Gasteiger charge is -2.15. The van der Waals surface area contributed by atoms with E-state index in [4.69, 9.17) is 0 Å². The van der Waals surface area contributed by atoms with Crippen LogP contribution >= 0.6 is 0 Å². The van der Waals surface area contributed by atoms with Gasteiger partial charge in [-0.15, -0.1) is 0 Å². The van der Waals surface area contributed by atoms with E-state index in [9.17, 15) is 4.79 Å². The Morgan fingerprint density at radius 3 is 2.40 bits per heavy atom. The maximum Gasteiger partial charge on any atom is 0.120 e. The number of hydrogen-bond donors (Lipinski definition) is 0. The van der Waals surface area contributed by atoms with Crippen LogP contribution in [0.2, 0.25) is 0 Å². The lowest BCUT2D eigenvalue weighted by atomic mass is 10.4. The largest absolute Gasteiger partial charge is 0.304 e. The third-order valence-electron chi connectivity index (χ3n) is 1.57. The average molecular weight is 141 g/mol. The number of hydrogen-bond acceptors (Lipinski definition) is 2. The minimum absolute atomic E-state index is 0.825. The van der Waals surface area contributed by atoms with Gasteiger partial charge in [0.05, 0.1) is 0 Å². The fourth-order valence-corrected chi connectivity index (χ4v) is 0.846. The van der Waals surface area contributed by atoms with Crippen LogP contribution in [-0.2, 0) is 4.79 Å². The highest BCUT2D eigenvalue weighted by atomic mass is 16.1. The van der Waals surface area contributed by atoms with E-state index in [1.807, 2.05) is 0 Å². The van der Waals surface area contributed by atoms with Gasteiger partial charge >= 0.3 is 0 Å². The maximum atomic E-state index is 9.76. The Morgan fingerprint density at radius 2 is 2.00 bits per heavy atom. The van der Waals surface area contributed by atoms with Gasteiger partial charge in [-0.2, -0.15) is 0 Å². The molecular weight excluding hydrogens is 126 g/mol. The van der Waals surface area contributed by atoms with E-state index in [1.54, 1.807) is 12.0 Å². The number of nitrogens with zero attached hydrogens (tertiary/aromatic N) is 1. The molecule has 0 amide bonds. The van der Waals surface area contributed by atoms with E-state index in [0.717, 1.165) is 26.1 Å². The molecule has 0 unspecified atom stereocenters. The smallest absolute Gasteiger partial charge is 0.120 e. The Bertz CT molecular complexity index is 112. The first-order chi connectivity index (χ1) is 4.85. The van der Waals surface area contributed by atoms with Gasteiger partial charge in [0.2, 0.25) is 0 Å². The van der Waals surface area contributed by atoms with Gasteiger partial charge in [0.25, 0.3) is 0 Å². The topological polar surface area (TPSA) is 20.3 Å². The second kappa shape index (κ2) is 6.53. The van der Waals surface area contributed by atoms with Gasteiger partial charge in [-0.3, -0.25) is 0 Å². The zero-order valence-corrected chi connectivity index (χ0v) is 6.76. The Balaban J connectivity index is 3.34. The summed E-state index contributed by atoms with van der Waals surface area (Å²) in [5.41, 5.74) is 0.